The molecule has 0 saturated carbocycles. The van der Waals surface area contributed by atoms with Crippen LogP contribution in [-0.4, -0.2) is 23.8 Å². The molecular weight excluding hydrogens is 293 g/mol. The van der Waals surface area contributed by atoms with Crippen LogP contribution >= 0.6 is 11.8 Å². The van der Waals surface area contributed by atoms with E-state index in [1.54, 1.807) is 30.8 Å². The summed E-state index contributed by atoms with van der Waals surface area (Å²) in [6, 6.07) is 8.32. The molecule has 2 aromatic rings. The fourth-order valence-corrected chi connectivity index (χ4v) is 2.11. The molecule has 1 heterocycles. The maximum Gasteiger partial charge on any atom is 0.346 e. The minimum absolute atomic E-state index is 0.105. The summed E-state index contributed by atoms with van der Waals surface area (Å²) in [5.74, 6) is -1.14. The lowest BCUT2D eigenvalue weighted by atomic mass is 10.2. The maximum atomic E-state index is 13.8. The van der Waals surface area contributed by atoms with Gasteiger partial charge in [-0.15, -0.1) is 11.8 Å². The summed E-state index contributed by atoms with van der Waals surface area (Å²) in [5, 5.41) is 0. The Kier molecular flexibility index (Phi) is 5.16. The minimum Gasteiger partial charge on any atom is -0.462 e. The Balaban J connectivity index is 2.35. The number of hydrogen-bond donors (Lipinski definition) is 0. The third-order valence-corrected chi connectivity index (χ3v) is 3.33. The number of benzene rings is 1. The summed E-state index contributed by atoms with van der Waals surface area (Å²) in [4.78, 5) is 16.7. The molecule has 0 radical (unpaired) electrons. The Morgan fingerprint density at radius 3 is 2.90 bits per heavy atom. The molecule has 0 aliphatic rings. The number of esters is 1. The number of halogens is 1. The second kappa shape index (κ2) is 7.08. The third-order valence-electron chi connectivity index (χ3n) is 2.60. The molecule has 0 aliphatic heterocycles. The number of nitrogens with zero attached hydrogens (tertiary/aromatic N) is 1. The van der Waals surface area contributed by atoms with Gasteiger partial charge in [0.05, 0.1) is 6.61 Å². The Hall–Kier alpha value is -2.08. The van der Waals surface area contributed by atoms with Crippen molar-refractivity contribution in [3.05, 3.63) is 47.9 Å². The molecule has 0 bridgehead atoms. The quantitative estimate of drug-likeness (QED) is 0.619. The van der Waals surface area contributed by atoms with Crippen molar-refractivity contribution in [3.63, 3.8) is 0 Å². The van der Waals surface area contributed by atoms with Gasteiger partial charge in [0.2, 0.25) is 5.88 Å². The van der Waals surface area contributed by atoms with Crippen LogP contribution in [0.25, 0.3) is 0 Å². The first-order chi connectivity index (χ1) is 10.2. The normalized spacial score (nSPS) is 10.2. The van der Waals surface area contributed by atoms with E-state index in [9.17, 15) is 9.18 Å². The molecule has 0 fully saturated rings. The molecule has 110 valence electrons. The SMILES string of the molecule is CCOC(=O)c1c(F)ccnc1Oc1cccc(SC)c1. The second-order valence-corrected chi connectivity index (χ2v) is 4.85. The van der Waals surface area contributed by atoms with Gasteiger partial charge in [-0.3, -0.25) is 0 Å². The summed E-state index contributed by atoms with van der Waals surface area (Å²) < 4.78 is 24.2. The molecule has 0 aliphatic carbocycles. The molecule has 0 N–H and O–H groups in total. The van der Waals surface area contributed by atoms with E-state index in [2.05, 4.69) is 4.98 Å². The topological polar surface area (TPSA) is 48.4 Å². The smallest absolute Gasteiger partial charge is 0.346 e. The number of thioether (sulfide) groups is 1. The van der Waals surface area contributed by atoms with E-state index in [1.165, 1.54) is 6.20 Å². The van der Waals surface area contributed by atoms with Crippen molar-refractivity contribution >= 4 is 17.7 Å². The van der Waals surface area contributed by atoms with Crippen LogP contribution in [0.5, 0.6) is 11.6 Å². The van der Waals surface area contributed by atoms with Crippen LogP contribution in [0.2, 0.25) is 0 Å². The summed E-state index contributed by atoms with van der Waals surface area (Å²) in [6.07, 6.45) is 3.18. The van der Waals surface area contributed by atoms with Crippen LogP contribution in [0, 0.1) is 5.82 Å². The zero-order chi connectivity index (χ0) is 15.2. The second-order valence-electron chi connectivity index (χ2n) is 3.97. The Labute approximate surface area is 126 Å². The van der Waals surface area contributed by atoms with E-state index in [1.807, 2.05) is 18.4 Å². The monoisotopic (exact) mass is 307 g/mol. The molecule has 2 rings (SSSR count). The van der Waals surface area contributed by atoms with Crippen LogP contribution < -0.4 is 4.74 Å². The summed E-state index contributed by atoms with van der Waals surface area (Å²) in [5.41, 5.74) is -0.297. The van der Waals surface area contributed by atoms with Gasteiger partial charge in [0.25, 0.3) is 0 Å². The largest absolute Gasteiger partial charge is 0.462 e. The average Bonchev–Trinajstić information content (AvgIpc) is 2.47. The Bertz CT molecular complexity index is 649. The zero-order valence-corrected chi connectivity index (χ0v) is 12.4. The van der Waals surface area contributed by atoms with Gasteiger partial charge >= 0.3 is 5.97 Å². The first-order valence-electron chi connectivity index (χ1n) is 6.29. The number of aromatic nitrogens is 1. The van der Waals surface area contributed by atoms with Gasteiger partial charge in [-0.05, 0) is 37.4 Å². The summed E-state index contributed by atoms with van der Waals surface area (Å²) >= 11 is 1.55. The number of carbonyl (C=O) groups excluding carboxylic acids is 1. The summed E-state index contributed by atoms with van der Waals surface area (Å²) in [6.45, 7) is 1.79. The maximum absolute atomic E-state index is 13.8. The van der Waals surface area contributed by atoms with Crippen LogP contribution in [0.15, 0.2) is 41.4 Å². The first kappa shape index (κ1) is 15.3. The molecule has 1 aromatic carbocycles. The highest BCUT2D eigenvalue weighted by Gasteiger charge is 2.21. The van der Waals surface area contributed by atoms with Crippen molar-refractivity contribution in [3.8, 4) is 11.6 Å². The van der Waals surface area contributed by atoms with Gasteiger partial charge in [0, 0.05) is 11.1 Å². The fraction of sp³-hybridized carbons (Fsp3) is 0.200. The highest BCUT2D eigenvalue weighted by atomic mass is 32.2. The molecular formula is C15H14FNO3S. The molecule has 0 unspecified atom stereocenters. The van der Waals surface area contributed by atoms with Gasteiger partial charge in [-0.2, -0.15) is 0 Å². The minimum atomic E-state index is -0.792. The molecule has 4 nitrogen and oxygen atoms in total. The van der Waals surface area contributed by atoms with Crippen molar-refractivity contribution in [1.29, 1.82) is 0 Å². The molecule has 0 amide bonds. The first-order valence-corrected chi connectivity index (χ1v) is 7.51. The molecule has 0 atom stereocenters. The van der Waals surface area contributed by atoms with Crippen molar-refractivity contribution < 1.29 is 18.7 Å². The van der Waals surface area contributed by atoms with Crippen LogP contribution in [0.3, 0.4) is 0 Å². The predicted octanol–water partition coefficient (Wildman–Crippen LogP) is 3.91. The number of pyridine rings is 1. The van der Waals surface area contributed by atoms with Crippen LogP contribution in [0.1, 0.15) is 17.3 Å². The average molecular weight is 307 g/mol. The van der Waals surface area contributed by atoms with Gasteiger partial charge in [-0.1, -0.05) is 6.07 Å². The van der Waals surface area contributed by atoms with E-state index >= 15 is 0 Å². The molecule has 1 aromatic heterocycles. The lowest BCUT2D eigenvalue weighted by Gasteiger charge is -2.10. The number of carbonyl (C=O) groups is 1. The molecule has 21 heavy (non-hydrogen) atoms. The van der Waals surface area contributed by atoms with E-state index in [-0.39, 0.29) is 18.1 Å². The van der Waals surface area contributed by atoms with Crippen molar-refractivity contribution in [2.75, 3.05) is 12.9 Å². The van der Waals surface area contributed by atoms with Gasteiger partial charge < -0.3 is 9.47 Å². The Morgan fingerprint density at radius 1 is 1.38 bits per heavy atom. The molecule has 6 heteroatoms. The predicted molar refractivity (Wildman–Crippen MR) is 78.4 cm³/mol. The third kappa shape index (κ3) is 3.72. The molecule has 0 spiro atoms. The van der Waals surface area contributed by atoms with Crippen molar-refractivity contribution in [2.24, 2.45) is 0 Å². The van der Waals surface area contributed by atoms with Crippen LogP contribution in [0.4, 0.5) is 4.39 Å². The van der Waals surface area contributed by atoms with Gasteiger partial charge in [0.15, 0.2) is 5.56 Å². The van der Waals surface area contributed by atoms with Gasteiger partial charge in [0.1, 0.15) is 11.6 Å². The number of rotatable bonds is 5. The Morgan fingerprint density at radius 2 is 2.19 bits per heavy atom. The van der Waals surface area contributed by atoms with E-state index < -0.39 is 11.8 Å². The van der Waals surface area contributed by atoms with E-state index in [0.29, 0.717) is 5.75 Å². The number of hydrogen-bond acceptors (Lipinski definition) is 5. The highest BCUT2D eigenvalue weighted by molar-refractivity contribution is 7.98. The van der Waals surface area contributed by atoms with Crippen LogP contribution in [-0.2, 0) is 4.74 Å². The summed E-state index contributed by atoms with van der Waals surface area (Å²) in [7, 11) is 0. The standard InChI is InChI=1S/C15H14FNO3S/c1-3-19-15(18)13-12(16)7-8-17-14(13)20-10-5-4-6-11(9-10)21-2/h4-9H,3H2,1-2H3. The van der Waals surface area contributed by atoms with E-state index in [0.717, 1.165) is 11.0 Å². The van der Waals surface area contributed by atoms with Crippen molar-refractivity contribution in [1.82, 2.24) is 4.98 Å². The van der Waals surface area contributed by atoms with Gasteiger partial charge in [-0.25, -0.2) is 14.2 Å². The number of ether oxygens (including phenoxy) is 2. The van der Waals surface area contributed by atoms with Crippen molar-refractivity contribution in [2.45, 2.75) is 11.8 Å². The lowest BCUT2D eigenvalue weighted by molar-refractivity contribution is 0.0517. The molecule has 0 saturated heterocycles. The highest BCUT2D eigenvalue weighted by Crippen LogP contribution is 2.28. The fourth-order valence-electron chi connectivity index (χ4n) is 1.66. The lowest BCUT2D eigenvalue weighted by Crippen LogP contribution is -2.10. The van der Waals surface area contributed by atoms with E-state index in [4.69, 9.17) is 9.47 Å². The zero-order valence-electron chi connectivity index (χ0n) is 11.6.